The predicted molar refractivity (Wildman–Crippen MR) is 63.1 cm³/mol. The minimum Gasteiger partial charge on any atom is -0.390 e. The van der Waals surface area contributed by atoms with E-state index in [4.69, 9.17) is 0 Å². The van der Waals surface area contributed by atoms with Gasteiger partial charge in [-0.3, -0.25) is 9.58 Å². The molecule has 1 aliphatic heterocycles. The third kappa shape index (κ3) is 2.62. The number of piperidine rings is 1. The summed E-state index contributed by atoms with van der Waals surface area (Å²) < 4.78 is 1.95. The van der Waals surface area contributed by atoms with Crippen molar-refractivity contribution in [3.05, 3.63) is 17.5 Å². The van der Waals surface area contributed by atoms with Gasteiger partial charge in [0, 0.05) is 26.7 Å². The molecular formula is C12H21N3O. The standard InChI is InChI=1S/C12H21N3O/c1-10-8-11(14(3)13-10)9-15-6-4-12(2,16)5-7-15/h8,16H,4-7,9H2,1-3H3. The zero-order valence-electron chi connectivity index (χ0n) is 10.4. The van der Waals surface area contributed by atoms with Gasteiger partial charge in [-0.2, -0.15) is 5.10 Å². The van der Waals surface area contributed by atoms with E-state index in [-0.39, 0.29) is 0 Å². The lowest BCUT2D eigenvalue weighted by atomic mass is 9.94. The van der Waals surface area contributed by atoms with Crippen LogP contribution < -0.4 is 0 Å². The summed E-state index contributed by atoms with van der Waals surface area (Å²) >= 11 is 0. The maximum atomic E-state index is 9.87. The molecule has 90 valence electrons. The van der Waals surface area contributed by atoms with E-state index in [0.717, 1.165) is 38.2 Å². The van der Waals surface area contributed by atoms with Gasteiger partial charge in [0.05, 0.1) is 17.0 Å². The predicted octanol–water partition coefficient (Wildman–Crippen LogP) is 1.08. The van der Waals surface area contributed by atoms with E-state index >= 15 is 0 Å². The van der Waals surface area contributed by atoms with Crippen molar-refractivity contribution in [2.24, 2.45) is 7.05 Å². The molecule has 0 atom stereocenters. The first-order chi connectivity index (χ1) is 7.46. The average Bonchev–Trinajstić information content (AvgIpc) is 2.49. The lowest BCUT2D eigenvalue weighted by Gasteiger charge is -2.35. The zero-order valence-corrected chi connectivity index (χ0v) is 10.4. The molecule has 16 heavy (non-hydrogen) atoms. The van der Waals surface area contributed by atoms with Crippen molar-refractivity contribution >= 4 is 0 Å². The van der Waals surface area contributed by atoms with Crippen LogP contribution in [0.4, 0.5) is 0 Å². The van der Waals surface area contributed by atoms with Crippen molar-refractivity contribution in [2.45, 2.75) is 38.8 Å². The normalized spacial score (nSPS) is 21.2. The van der Waals surface area contributed by atoms with Gasteiger partial charge in [-0.05, 0) is 32.8 Å². The number of hydrogen-bond acceptors (Lipinski definition) is 3. The van der Waals surface area contributed by atoms with Crippen LogP contribution in [0.5, 0.6) is 0 Å². The average molecular weight is 223 g/mol. The van der Waals surface area contributed by atoms with Crippen molar-refractivity contribution < 1.29 is 5.11 Å². The Morgan fingerprint density at radius 3 is 2.56 bits per heavy atom. The van der Waals surface area contributed by atoms with E-state index in [1.54, 1.807) is 0 Å². The highest BCUT2D eigenvalue weighted by Crippen LogP contribution is 2.22. The molecule has 0 aliphatic carbocycles. The highest BCUT2D eigenvalue weighted by atomic mass is 16.3. The summed E-state index contributed by atoms with van der Waals surface area (Å²) in [5, 5.41) is 14.2. The van der Waals surface area contributed by atoms with Crippen LogP contribution in [0.1, 0.15) is 31.2 Å². The first-order valence-electron chi connectivity index (χ1n) is 5.90. The highest BCUT2D eigenvalue weighted by molar-refractivity contribution is 5.08. The molecule has 0 bridgehead atoms. The summed E-state index contributed by atoms with van der Waals surface area (Å²) in [6, 6.07) is 2.13. The van der Waals surface area contributed by atoms with Gasteiger partial charge in [0.1, 0.15) is 0 Å². The molecule has 1 aromatic heterocycles. The molecule has 2 heterocycles. The van der Waals surface area contributed by atoms with Gasteiger partial charge in [0.25, 0.3) is 0 Å². The maximum Gasteiger partial charge on any atom is 0.0644 e. The third-order valence-corrected chi connectivity index (χ3v) is 3.42. The zero-order chi connectivity index (χ0) is 11.8. The van der Waals surface area contributed by atoms with Crippen molar-refractivity contribution in [1.29, 1.82) is 0 Å². The number of aromatic nitrogens is 2. The van der Waals surface area contributed by atoms with Crippen LogP contribution in [0, 0.1) is 6.92 Å². The maximum absolute atomic E-state index is 9.87. The lowest BCUT2D eigenvalue weighted by molar-refractivity contribution is -0.00779. The Labute approximate surface area is 96.9 Å². The fourth-order valence-electron chi connectivity index (χ4n) is 2.23. The number of likely N-dealkylation sites (tertiary alicyclic amines) is 1. The molecule has 1 fully saturated rings. The molecular weight excluding hydrogens is 202 g/mol. The molecule has 0 saturated carbocycles. The Morgan fingerprint density at radius 1 is 1.44 bits per heavy atom. The van der Waals surface area contributed by atoms with Gasteiger partial charge in [0.2, 0.25) is 0 Å². The molecule has 0 unspecified atom stereocenters. The molecule has 0 aromatic carbocycles. The molecule has 1 N–H and O–H groups in total. The Morgan fingerprint density at radius 2 is 2.06 bits per heavy atom. The molecule has 4 nitrogen and oxygen atoms in total. The summed E-state index contributed by atoms with van der Waals surface area (Å²) in [5.74, 6) is 0. The second kappa shape index (κ2) is 4.18. The SMILES string of the molecule is Cc1cc(CN2CCC(C)(O)CC2)n(C)n1. The van der Waals surface area contributed by atoms with Crippen LogP contribution in [0.2, 0.25) is 0 Å². The quantitative estimate of drug-likeness (QED) is 0.815. The first kappa shape index (κ1) is 11.6. The van der Waals surface area contributed by atoms with Crippen LogP contribution >= 0.6 is 0 Å². The number of rotatable bonds is 2. The molecule has 0 radical (unpaired) electrons. The monoisotopic (exact) mass is 223 g/mol. The topological polar surface area (TPSA) is 41.3 Å². The lowest BCUT2D eigenvalue weighted by Crippen LogP contribution is -2.42. The van der Waals surface area contributed by atoms with E-state index in [2.05, 4.69) is 16.1 Å². The number of nitrogens with zero attached hydrogens (tertiary/aromatic N) is 3. The Hall–Kier alpha value is -0.870. The van der Waals surface area contributed by atoms with Crippen molar-refractivity contribution in [2.75, 3.05) is 13.1 Å². The largest absolute Gasteiger partial charge is 0.390 e. The third-order valence-electron chi connectivity index (χ3n) is 3.42. The van der Waals surface area contributed by atoms with Gasteiger partial charge in [-0.25, -0.2) is 0 Å². The van der Waals surface area contributed by atoms with Gasteiger partial charge < -0.3 is 5.11 Å². The van der Waals surface area contributed by atoms with Gasteiger partial charge >= 0.3 is 0 Å². The van der Waals surface area contributed by atoms with Crippen molar-refractivity contribution in [3.8, 4) is 0 Å². The summed E-state index contributed by atoms with van der Waals surface area (Å²) in [5.41, 5.74) is 1.86. The summed E-state index contributed by atoms with van der Waals surface area (Å²) in [7, 11) is 1.99. The van der Waals surface area contributed by atoms with E-state index in [1.807, 2.05) is 25.6 Å². The van der Waals surface area contributed by atoms with E-state index in [0.29, 0.717) is 0 Å². The van der Waals surface area contributed by atoms with Crippen LogP contribution in [0.3, 0.4) is 0 Å². The van der Waals surface area contributed by atoms with E-state index in [1.165, 1.54) is 5.69 Å². The number of aryl methyl sites for hydroxylation is 2. The second-order valence-electron chi connectivity index (χ2n) is 5.17. The van der Waals surface area contributed by atoms with Gasteiger partial charge in [0.15, 0.2) is 0 Å². The summed E-state index contributed by atoms with van der Waals surface area (Å²) in [6.07, 6.45) is 1.73. The Kier molecular flexibility index (Phi) is 3.04. The molecule has 0 amide bonds. The molecule has 1 saturated heterocycles. The molecule has 2 rings (SSSR count). The minimum absolute atomic E-state index is 0.459. The fraction of sp³-hybridized carbons (Fsp3) is 0.750. The van der Waals surface area contributed by atoms with Gasteiger partial charge in [-0.15, -0.1) is 0 Å². The first-order valence-corrected chi connectivity index (χ1v) is 5.90. The van der Waals surface area contributed by atoms with E-state index < -0.39 is 5.60 Å². The molecule has 4 heteroatoms. The molecule has 1 aromatic rings. The minimum atomic E-state index is -0.459. The van der Waals surface area contributed by atoms with Crippen LogP contribution in [0.15, 0.2) is 6.07 Å². The fourth-order valence-corrected chi connectivity index (χ4v) is 2.23. The van der Waals surface area contributed by atoms with Crippen LogP contribution in [-0.2, 0) is 13.6 Å². The number of aliphatic hydroxyl groups is 1. The van der Waals surface area contributed by atoms with Crippen molar-refractivity contribution in [3.63, 3.8) is 0 Å². The smallest absolute Gasteiger partial charge is 0.0644 e. The Bertz CT molecular complexity index is 360. The van der Waals surface area contributed by atoms with Gasteiger partial charge in [-0.1, -0.05) is 0 Å². The Balaban J connectivity index is 1.94. The van der Waals surface area contributed by atoms with Crippen molar-refractivity contribution in [1.82, 2.24) is 14.7 Å². The summed E-state index contributed by atoms with van der Waals surface area (Å²) in [4.78, 5) is 2.38. The van der Waals surface area contributed by atoms with Crippen LogP contribution in [-0.4, -0.2) is 38.5 Å². The van der Waals surface area contributed by atoms with E-state index in [9.17, 15) is 5.11 Å². The van der Waals surface area contributed by atoms with Crippen LogP contribution in [0.25, 0.3) is 0 Å². The highest BCUT2D eigenvalue weighted by Gasteiger charge is 2.27. The number of hydrogen-bond donors (Lipinski definition) is 1. The second-order valence-corrected chi connectivity index (χ2v) is 5.17. The summed E-state index contributed by atoms with van der Waals surface area (Å²) in [6.45, 7) is 6.82. The molecule has 1 aliphatic rings. The molecule has 0 spiro atoms.